The third kappa shape index (κ3) is 7.44. The van der Waals surface area contributed by atoms with E-state index in [4.69, 9.17) is 9.47 Å². The van der Waals surface area contributed by atoms with Crippen molar-refractivity contribution < 1.29 is 19.1 Å². The van der Waals surface area contributed by atoms with Gasteiger partial charge in [-0.1, -0.05) is 44.7 Å². The van der Waals surface area contributed by atoms with Crippen LogP contribution in [0.4, 0.5) is 0 Å². The average Bonchev–Trinajstić information content (AvgIpc) is 2.59. The normalized spacial score (nSPS) is 10.8. The average molecular weight is 332 g/mol. The maximum Gasteiger partial charge on any atom is 0.163 e. The van der Waals surface area contributed by atoms with E-state index in [-0.39, 0.29) is 18.0 Å². The highest BCUT2D eigenvalue weighted by atomic mass is 16.5. The van der Waals surface area contributed by atoms with Crippen molar-refractivity contribution in [1.29, 1.82) is 0 Å². The number of benzene rings is 1. The van der Waals surface area contributed by atoms with E-state index >= 15 is 0 Å². The minimum Gasteiger partial charge on any atom is -0.493 e. The molecule has 0 bridgehead atoms. The second-order valence-electron chi connectivity index (χ2n) is 5.79. The summed E-state index contributed by atoms with van der Waals surface area (Å²) in [6.45, 7) is 2.16. The Bertz CT molecular complexity index is 561. The van der Waals surface area contributed by atoms with Crippen LogP contribution in [0, 0.1) is 0 Å². The number of hydrogen-bond acceptors (Lipinski definition) is 4. The number of unbranched alkanes of at least 4 members (excludes halogenated alkanes) is 4. The summed E-state index contributed by atoms with van der Waals surface area (Å²) < 4.78 is 10.4. The van der Waals surface area contributed by atoms with Crippen LogP contribution in [-0.4, -0.2) is 25.8 Å². The van der Waals surface area contributed by atoms with Crippen molar-refractivity contribution in [2.24, 2.45) is 0 Å². The molecular formula is C20H28O4. The van der Waals surface area contributed by atoms with Crippen molar-refractivity contribution in [2.75, 3.05) is 14.2 Å². The van der Waals surface area contributed by atoms with Crippen LogP contribution in [0.5, 0.6) is 11.5 Å². The van der Waals surface area contributed by atoms with Crippen molar-refractivity contribution in [3.8, 4) is 11.5 Å². The van der Waals surface area contributed by atoms with Crippen molar-refractivity contribution in [3.63, 3.8) is 0 Å². The smallest absolute Gasteiger partial charge is 0.163 e. The molecule has 0 radical (unpaired) electrons. The molecule has 0 saturated heterocycles. The van der Waals surface area contributed by atoms with Crippen LogP contribution in [0.3, 0.4) is 0 Å². The Labute approximate surface area is 144 Å². The standard InChI is InChI=1S/C20H28O4/c1-4-5-6-7-8-9-17(21)15-18(22)12-10-16-11-13-19(23-2)20(14-16)24-3/h10-14H,4-9,15H2,1-3H3/b12-10+. The Balaban J connectivity index is 2.44. The van der Waals surface area contributed by atoms with Crippen LogP contribution < -0.4 is 9.47 Å². The molecule has 0 amide bonds. The van der Waals surface area contributed by atoms with E-state index in [0.29, 0.717) is 17.9 Å². The highest BCUT2D eigenvalue weighted by molar-refractivity contribution is 6.06. The van der Waals surface area contributed by atoms with Gasteiger partial charge >= 0.3 is 0 Å². The molecule has 0 aliphatic heterocycles. The number of hydrogen-bond donors (Lipinski definition) is 0. The number of ketones is 2. The summed E-state index contributed by atoms with van der Waals surface area (Å²) in [5, 5.41) is 0. The molecule has 1 aromatic carbocycles. The lowest BCUT2D eigenvalue weighted by molar-refractivity contribution is -0.124. The Hall–Kier alpha value is -2.10. The van der Waals surface area contributed by atoms with Crippen molar-refractivity contribution in [3.05, 3.63) is 29.8 Å². The van der Waals surface area contributed by atoms with Gasteiger partial charge < -0.3 is 9.47 Å². The molecule has 0 unspecified atom stereocenters. The third-order valence-electron chi connectivity index (χ3n) is 3.80. The summed E-state index contributed by atoms with van der Waals surface area (Å²) in [6.07, 6.45) is 9.14. The molecule has 0 aromatic heterocycles. The van der Waals surface area contributed by atoms with E-state index in [1.807, 2.05) is 6.07 Å². The van der Waals surface area contributed by atoms with Gasteiger partial charge in [0.25, 0.3) is 0 Å². The van der Waals surface area contributed by atoms with Gasteiger partial charge in [0.1, 0.15) is 5.78 Å². The van der Waals surface area contributed by atoms with Crippen LogP contribution in [0.25, 0.3) is 6.08 Å². The van der Waals surface area contributed by atoms with Crippen molar-refractivity contribution in [1.82, 2.24) is 0 Å². The van der Waals surface area contributed by atoms with Gasteiger partial charge in [0.15, 0.2) is 17.3 Å². The maximum absolute atomic E-state index is 11.9. The number of rotatable bonds is 12. The Kier molecular flexibility index (Phi) is 9.51. The quantitative estimate of drug-likeness (QED) is 0.319. The molecule has 0 fully saturated rings. The summed E-state index contributed by atoms with van der Waals surface area (Å²) in [6, 6.07) is 5.41. The number of ether oxygens (including phenoxy) is 2. The number of carbonyl (C=O) groups excluding carboxylic acids is 2. The maximum atomic E-state index is 11.9. The Morgan fingerprint density at radius 2 is 1.71 bits per heavy atom. The SMILES string of the molecule is CCCCCCCC(=O)CC(=O)/C=C/c1ccc(OC)c(OC)c1. The zero-order valence-corrected chi connectivity index (χ0v) is 15.0. The van der Waals surface area contributed by atoms with Gasteiger partial charge in [-0.25, -0.2) is 0 Å². The van der Waals surface area contributed by atoms with E-state index in [2.05, 4.69) is 6.92 Å². The summed E-state index contributed by atoms with van der Waals surface area (Å²) in [4.78, 5) is 23.7. The largest absolute Gasteiger partial charge is 0.493 e. The lowest BCUT2D eigenvalue weighted by Crippen LogP contribution is -2.05. The molecule has 4 nitrogen and oxygen atoms in total. The molecule has 24 heavy (non-hydrogen) atoms. The molecule has 0 saturated carbocycles. The molecule has 0 N–H and O–H groups in total. The Morgan fingerprint density at radius 1 is 1.00 bits per heavy atom. The monoisotopic (exact) mass is 332 g/mol. The van der Waals surface area contributed by atoms with E-state index in [0.717, 1.165) is 24.8 Å². The summed E-state index contributed by atoms with van der Waals surface area (Å²) >= 11 is 0. The van der Waals surface area contributed by atoms with Gasteiger partial charge in [0, 0.05) is 6.42 Å². The minimum absolute atomic E-state index is 0.0163. The lowest BCUT2D eigenvalue weighted by Gasteiger charge is -2.07. The first-order chi connectivity index (χ1) is 11.6. The molecular weight excluding hydrogens is 304 g/mol. The highest BCUT2D eigenvalue weighted by Gasteiger charge is 2.07. The molecule has 4 heteroatoms. The fourth-order valence-electron chi connectivity index (χ4n) is 2.41. The van der Waals surface area contributed by atoms with E-state index in [9.17, 15) is 9.59 Å². The first-order valence-corrected chi connectivity index (χ1v) is 8.55. The van der Waals surface area contributed by atoms with Gasteiger partial charge in [0.2, 0.25) is 0 Å². The lowest BCUT2D eigenvalue weighted by atomic mass is 10.1. The first-order valence-electron chi connectivity index (χ1n) is 8.55. The summed E-state index contributed by atoms with van der Waals surface area (Å²) in [7, 11) is 3.14. The van der Waals surface area contributed by atoms with Crippen molar-refractivity contribution >= 4 is 17.6 Å². The summed E-state index contributed by atoms with van der Waals surface area (Å²) in [5.41, 5.74) is 0.827. The van der Waals surface area contributed by atoms with Gasteiger partial charge in [-0.15, -0.1) is 0 Å². The molecule has 1 aromatic rings. The molecule has 132 valence electrons. The van der Waals surface area contributed by atoms with Crippen LogP contribution >= 0.6 is 0 Å². The Morgan fingerprint density at radius 3 is 2.38 bits per heavy atom. The summed E-state index contributed by atoms with van der Waals surface area (Å²) in [5.74, 6) is 1.10. The number of methoxy groups -OCH3 is 2. The zero-order valence-electron chi connectivity index (χ0n) is 15.0. The van der Waals surface area contributed by atoms with Crippen LogP contribution in [0.1, 0.15) is 57.4 Å². The van der Waals surface area contributed by atoms with E-state index in [1.54, 1.807) is 32.4 Å². The fraction of sp³-hybridized carbons (Fsp3) is 0.500. The molecule has 0 heterocycles. The van der Waals surface area contributed by atoms with Gasteiger partial charge in [0.05, 0.1) is 20.6 Å². The highest BCUT2D eigenvalue weighted by Crippen LogP contribution is 2.27. The minimum atomic E-state index is -0.164. The number of allylic oxidation sites excluding steroid dienone is 1. The van der Waals surface area contributed by atoms with E-state index in [1.165, 1.54) is 18.9 Å². The molecule has 0 aliphatic carbocycles. The predicted octanol–water partition coefficient (Wildman–Crippen LogP) is 4.61. The zero-order chi connectivity index (χ0) is 17.8. The van der Waals surface area contributed by atoms with Gasteiger partial charge in [-0.3, -0.25) is 9.59 Å². The van der Waals surface area contributed by atoms with Gasteiger partial charge in [-0.2, -0.15) is 0 Å². The second kappa shape index (κ2) is 11.4. The molecule has 1 rings (SSSR count). The van der Waals surface area contributed by atoms with Gasteiger partial charge in [-0.05, 0) is 30.2 Å². The number of Topliss-reactive ketones (excluding diaryl/α,β-unsaturated/α-hetero) is 1. The molecule has 0 spiro atoms. The van der Waals surface area contributed by atoms with Crippen molar-refractivity contribution in [2.45, 2.75) is 51.9 Å². The second-order valence-corrected chi connectivity index (χ2v) is 5.79. The number of carbonyl (C=O) groups is 2. The van der Waals surface area contributed by atoms with Crippen LogP contribution in [0.15, 0.2) is 24.3 Å². The molecule has 0 aliphatic rings. The van der Waals surface area contributed by atoms with Crippen LogP contribution in [0.2, 0.25) is 0 Å². The fourth-order valence-corrected chi connectivity index (χ4v) is 2.41. The third-order valence-corrected chi connectivity index (χ3v) is 3.80. The topological polar surface area (TPSA) is 52.6 Å². The first kappa shape index (κ1) is 19.9. The van der Waals surface area contributed by atoms with Crippen LogP contribution in [-0.2, 0) is 9.59 Å². The van der Waals surface area contributed by atoms with E-state index < -0.39 is 0 Å². The predicted molar refractivity (Wildman–Crippen MR) is 96.6 cm³/mol. The molecule has 0 atom stereocenters.